The number of aliphatic hydroxyl groups excluding tert-OH is 1. The molecule has 5 heteroatoms. The molecule has 0 bridgehead atoms. The minimum absolute atomic E-state index is 0.122. The third-order valence-corrected chi connectivity index (χ3v) is 3.43. The van der Waals surface area contributed by atoms with Crippen molar-refractivity contribution in [3.8, 4) is 0 Å². The Labute approximate surface area is 114 Å². The number of hydrogen-bond donors (Lipinski definition) is 3. The summed E-state index contributed by atoms with van der Waals surface area (Å²) in [6, 6.07) is -0.102. The van der Waals surface area contributed by atoms with Gasteiger partial charge in [0.1, 0.15) is 0 Å². The summed E-state index contributed by atoms with van der Waals surface area (Å²) in [5.74, 6) is 0.696. The van der Waals surface area contributed by atoms with Crippen molar-refractivity contribution in [2.75, 3.05) is 19.8 Å². The molecule has 0 aromatic rings. The van der Waals surface area contributed by atoms with E-state index in [-0.39, 0.29) is 18.6 Å². The Morgan fingerprint density at radius 1 is 1.42 bits per heavy atom. The average Bonchev–Trinajstić information content (AvgIpc) is 3.22. The highest BCUT2D eigenvalue weighted by atomic mass is 16.5. The molecule has 3 N–H and O–H groups in total. The number of urea groups is 1. The second-order valence-electron chi connectivity index (χ2n) is 5.45. The molecule has 0 aromatic heterocycles. The van der Waals surface area contributed by atoms with E-state index in [4.69, 9.17) is 4.74 Å². The Morgan fingerprint density at radius 3 is 2.95 bits per heavy atom. The van der Waals surface area contributed by atoms with Crippen molar-refractivity contribution in [3.63, 3.8) is 0 Å². The van der Waals surface area contributed by atoms with Crippen LogP contribution in [0.5, 0.6) is 0 Å². The molecule has 0 aromatic carbocycles. The fourth-order valence-corrected chi connectivity index (χ4v) is 2.08. The summed E-state index contributed by atoms with van der Waals surface area (Å²) in [5, 5.41) is 15.2. The van der Waals surface area contributed by atoms with Gasteiger partial charge in [0.15, 0.2) is 0 Å². The monoisotopic (exact) mass is 268 g/mol. The van der Waals surface area contributed by atoms with Crippen LogP contribution in [-0.2, 0) is 4.74 Å². The van der Waals surface area contributed by atoms with Gasteiger partial charge < -0.3 is 20.5 Å². The number of aliphatic hydroxyl groups is 1. The first-order chi connectivity index (χ1) is 9.24. The lowest BCUT2D eigenvalue weighted by atomic mass is 10.0. The van der Waals surface area contributed by atoms with Crippen LogP contribution < -0.4 is 10.6 Å². The van der Waals surface area contributed by atoms with Crippen molar-refractivity contribution in [1.82, 2.24) is 10.6 Å². The van der Waals surface area contributed by atoms with Crippen LogP contribution in [-0.4, -0.2) is 43.0 Å². The van der Waals surface area contributed by atoms with Crippen molar-refractivity contribution in [3.05, 3.63) is 12.2 Å². The van der Waals surface area contributed by atoms with E-state index >= 15 is 0 Å². The molecule has 1 saturated carbocycles. The summed E-state index contributed by atoms with van der Waals surface area (Å²) in [6.45, 7) is 1.25. The van der Waals surface area contributed by atoms with E-state index < -0.39 is 6.10 Å². The number of ether oxygens (including phenoxy) is 1. The van der Waals surface area contributed by atoms with Gasteiger partial charge in [-0.25, -0.2) is 4.79 Å². The summed E-state index contributed by atoms with van der Waals surface area (Å²) < 4.78 is 5.37. The van der Waals surface area contributed by atoms with Gasteiger partial charge in [-0.3, -0.25) is 0 Å². The molecule has 5 nitrogen and oxygen atoms in total. The van der Waals surface area contributed by atoms with Gasteiger partial charge in [-0.05, 0) is 38.0 Å². The Kier molecular flexibility index (Phi) is 5.66. The summed E-state index contributed by atoms with van der Waals surface area (Å²) in [7, 11) is 0. The molecule has 0 heterocycles. The van der Waals surface area contributed by atoms with Gasteiger partial charge in [0.05, 0.1) is 12.7 Å². The second-order valence-corrected chi connectivity index (χ2v) is 5.45. The van der Waals surface area contributed by atoms with E-state index in [2.05, 4.69) is 16.7 Å². The zero-order chi connectivity index (χ0) is 13.5. The Morgan fingerprint density at radius 2 is 2.26 bits per heavy atom. The lowest BCUT2D eigenvalue weighted by Crippen LogP contribution is -2.45. The van der Waals surface area contributed by atoms with Gasteiger partial charge in [0.2, 0.25) is 0 Å². The molecule has 1 fully saturated rings. The van der Waals surface area contributed by atoms with Gasteiger partial charge in [-0.15, -0.1) is 0 Å². The second kappa shape index (κ2) is 7.50. The van der Waals surface area contributed by atoms with E-state index in [9.17, 15) is 9.90 Å². The predicted octanol–water partition coefficient (Wildman–Crippen LogP) is 1.18. The highest BCUT2D eigenvalue weighted by Crippen LogP contribution is 2.28. The van der Waals surface area contributed by atoms with Gasteiger partial charge in [-0.1, -0.05) is 12.2 Å². The molecule has 0 spiro atoms. The molecule has 2 atom stereocenters. The number of carbonyl (C=O) groups excluding carboxylic acids is 1. The van der Waals surface area contributed by atoms with E-state index in [0.717, 1.165) is 25.9 Å². The Hall–Kier alpha value is -1.07. The normalized spacial score (nSPS) is 23.9. The molecule has 2 rings (SSSR count). The number of allylic oxidation sites excluding steroid dienone is 1. The SMILES string of the molecule is O=C(NCC(O)COCC1CC1)NC1C=CCCC1. The van der Waals surface area contributed by atoms with E-state index in [0.29, 0.717) is 12.5 Å². The molecule has 2 aliphatic carbocycles. The van der Waals surface area contributed by atoms with Gasteiger partial charge in [-0.2, -0.15) is 0 Å². The van der Waals surface area contributed by atoms with Gasteiger partial charge in [0, 0.05) is 19.2 Å². The van der Waals surface area contributed by atoms with Gasteiger partial charge >= 0.3 is 6.03 Å². The number of rotatable bonds is 7. The molecule has 0 radical (unpaired) electrons. The molecule has 2 unspecified atom stereocenters. The van der Waals surface area contributed by atoms with E-state index in [1.165, 1.54) is 12.8 Å². The molecular weight excluding hydrogens is 244 g/mol. The maximum atomic E-state index is 11.6. The van der Waals surface area contributed by atoms with Crippen LogP contribution in [0.15, 0.2) is 12.2 Å². The summed E-state index contributed by atoms with van der Waals surface area (Å²) >= 11 is 0. The van der Waals surface area contributed by atoms with Crippen LogP contribution in [0.25, 0.3) is 0 Å². The van der Waals surface area contributed by atoms with Crippen LogP contribution in [0.3, 0.4) is 0 Å². The minimum atomic E-state index is -0.633. The molecule has 0 saturated heterocycles. The largest absolute Gasteiger partial charge is 0.389 e. The maximum absolute atomic E-state index is 11.6. The lowest BCUT2D eigenvalue weighted by molar-refractivity contribution is 0.0337. The molecule has 19 heavy (non-hydrogen) atoms. The maximum Gasteiger partial charge on any atom is 0.315 e. The van der Waals surface area contributed by atoms with Crippen molar-refractivity contribution in [2.45, 2.75) is 44.2 Å². The van der Waals surface area contributed by atoms with Crippen LogP contribution in [0, 0.1) is 5.92 Å². The van der Waals surface area contributed by atoms with Crippen molar-refractivity contribution in [1.29, 1.82) is 0 Å². The highest BCUT2D eigenvalue weighted by molar-refractivity contribution is 5.74. The third kappa shape index (κ3) is 6.07. The summed E-state index contributed by atoms with van der Waals surface area (Å²) in [6.07, 6.45) is 9.16. The van der Waals surface area contributed by atoms with Gasteiger partial charge in [0.25, 0.3) is 0 Å². The van der Waals surface area contributed by atoms with Crippen LogP contribution >= 0.6 is 0 Å². The molecule has 108 valence electrons. The van der Waals surface area contributed by atoms with Crippen molar-refractivity contribution >= 4 is 6.03 Å². The predicted molar refractivity (Wildman–Crippen MR) is 72.9 cm³/mol. The average molecular weight is 268 g/mol. The van der Waals surface area contributed by atoms with E-state index in [1.807, 2.05) is 6.08 Å². The highest BCUT2D eigenvalue weighted by Gasteiger charge is 2.21. The van der Waals surface area contributed by atoms with Crippen LogP contribution in [0.2, 0.25) is 0 Å². The molecule has 2 amide bonds. The minimum Gasteiger partial charge on any atom is -0.389 e. The topological polar surface area (TPSA) is 70.6 Å². The molecule has 2 aliphatic rings. The first kappa shape index (κ1) is 14.3. The summed E-state index contributed by atoms with van der Waals surface area (Å²) in [4.78, 5) is 11.6. The molecule has 0 aliphatic heterocycles. The smallest absolute Gasteiger partial charge is 0.315 e. The van der Waals surface area contributed by atoms with Crippen LogP contribution in [0.4, 0.5) is 4.79 Å². The zero-order valence-corrected chi connectivity index (χ0v) is 11.3. The summed E-state index contributed by atoms with van der Waals surface area (Å²) in [5.41, 5.74) is 0. The number of carbonyl (C=O) groups is 1. The van der Waals surface area contributed by atoms with Crippen molar-refractivity contribution < 1.29 is 14.6 Å². The lowest BCUT2D eigenvalue weighted by Gasteiger charge is -2.19. The number of hydrogen-bond acceptors (Lipinski definition) is 3. The number of nitrogens with one attached hydrogen (secondary N) is 2. The van der Waals surface area contributed by atoms with Crippen molar-refractivity contribution in [2.24, 2.45) is 5.92 Å². The zero-order valence-electron chi connectivity index (χ0n) is 11.3. The quantitative estimate of drug-likeness (QED) is 0.607. The molecular formula is C14H24N2O3. The third-order valence-electron chi connectivity index (χ3n) is 3.43. The fourth-order valence-electron chi connectivity index (χ4n) is 2.08. The number of amides is 2. The standard InChI is InChI=1S/C14H24N2O3/c17-13(10-19-9-11-6-7-11)8-15-14(18)16-12-4-2-1-3-5-12/h2,4,11-13,17H,1,3,5-10H2,(H2,15,16,18). The first-order valence-electron chi connectivity index (χ1n) is 7.21. The fraction of sp³-hybridized carbons (Fsp3) is 0.786. The Balaban J connectivity index is 1.51. The van der Waals surface area contributed by atoms with E-state index in [1.54, 1.807) is 0 Å². The van der Waals surface area contributed by atoms with Crippen LogP contribution in [0.1, 0.15) is 32.1 Å². The Bertz CT molecular complexity index is 316. The first-order valence-corrected chi connectivity index (χ1v) is 7.21.